The van der Waals surface area contributed by atoms with Gasteiger partial charge in [0.15, 0.2) is 30.3 Å². The molecular formula is C34H45N5O17. The van der Waals surface area contributed by atoms with Gasteiger partial charge in [0.1, 0.15) is 42.7 Å². The molecule has 0 spiro atoms. The standard InChI is InChI=1S/C34H45N5O17/c35-20-24(45)26(17(9-40)51-30(20)49)53-31-21(36)25(46)27(18(10-41)52-31)54-32-22(37)28(47)34(50)33(11-42,56-32)15-5-6-16(14(7-15)8-19(43)55-34)23(44)12-1-3-13(4-2-12)29(48)39-38/h1-7,17-18,20-22,24-28,30-32,40-42,45-47,49-50H,8-11,35-38H2,(H,39,48)/t17-,18-,20-,21-,22-,24-,25-,26?,27?,28-,30-,31+,32+,33+,34+/m1/s1. The van der Waals surface area contributed by atoms with Crippen molar-refractivity contribution in [1.29, 1.82) is 0 Å². The zero-order valence-corrected chi connectivity index (χ0v) is 29.4. The Morgan fingerprint density at radius 1 is 0.821 bits per heavy atom. The van der Waals surface area contributed by atoms with Crippen molar-refractivity contribution < 1.29 is 83.7 Å². The van der Waals surface area contributed by atoms with E-state index < -0.39 is 135 Å². The van der Waals surface area contributed by atoms with Gasteiger partial charge in [0, 0.05) is 16.7 Å². The molecule has 22 nitrogen and oxygen atoms in total. The summed E-state index contributed by atoms with van der Waals surface area (Å²) in [4.78, 5) is 38.7. The van der Waals surface area contributed by atoms with Crippen LogP contribution in [0.5, 0.6) is 0 Å². The van der Waals surface area contributed by atoms with Gasteiger partial charge in [0.05, 0.1) is 44.4 Å². The fraction of sp³-hybridized carbons (Fsp3) is 0.559. The molecule has 0 radical (unpaired) electrons. The van der Waals surface area contributed by atoms with E-state index in [2.05, 4.69) is 0 Å². The van der Waals surface area contributed by atoms with Gasteiger partial charge < -0.3 is 86.5 Å². The van der Waals surface area contributed by atoms with Gasteiger partial charge in [-0.25, -0.2) is 5.84 Å². The Morgan fingerprint density at radius 3 is 2.02 bits per heavy atom. The normalized spacial score (nSPS) is 39.8. The molecule has 4 aliphatic heterocycles. The van der Waals surface area contributed by atoms with Crippen LogP contribution >= 0.6 is 0 Å². The van der Waals surface area contributed by atoms with Gasteiger partial charge in [-0.1, -0.05) is 30.3 Å². The third-order valence-corrected chi connectivity index (χ3v) is 10.6. The highest BCUT2D eigenvalue weighted by Crippen LogP contribution is 2.48. The van der Waals surface area contributed by atoms with Crippen LogP contribution in [0.1, 0.15) is 37.4 Å². The maximum atomic E-state index is 13.6. The molecule has 0 saturated carbocycles. The molecule has 22 heteroatoms. The van der Waals surface area contributed by atoms with E-state index in [4.69, 9.17) is 51.5 Å². The topological polar surface area (TPSA) is 385 Å². The number of rotatable bonds is 10. The quantitative estimate of drug-likeness (QED) is 0.0349. The van der Waals surface area contributed by atoms with Gasteiger partial charge in [-0.3, -0.25) is 19.8 Å². The Kier molecular flexibility index (Phi) is 12.2. The number of benzene rings is 2. The lowest BCUT2D eigenvalue weighted by atomic mass is 9.75. The van der Waals surface area contributed by atoms with Gasteiger partial charge in [-0.2, -0.15) is 0 Å². The smallest absolute Gasteiger partial charge is 0.313 e. The molecule has 2 aromatic carbocycles. The van der Waals surface area contributed by atoms with E-state index in [-0.39, 0.29) is 27.8 Å². The molecule has 2 aromatic rings. The van der Waals surface area contributed by atoms with Gasteiger partial charge in [-0.05, 0) is 23.3 Å². The second-order valence-corrected chi connectivity index (χ2v) is 13.9. The first-order valence-electron chi connectivity index (χ1n) is 17.4. The molecule has 2 bridgehead atoms. The lowest BCUT2D eigenvalue weighted by Gasteiger charge is -2.55. The summed E-state index contributed by atoms with van der Waals surface area (Å²) in [5.41, 5.74) is 18.0. The lowest BCUT2D eigenvalue weighted by molar-refractivity contribution is -0.423. The predicted octanol–water partition coefficient (Wildman–Crippen LogP) is -6.89. The van der Waals surface area contributed by atoms with E-state index in [1.165, 1.54) is 42.5 Å². The van der Waals surface area contributed by atoms with Crippen LogP contribution in [0.4, 0.5) is 0 Å². The highest BCUT2D eigenvalue weighted by atomic mass is 16.8. The molecule has 4 aliphatic rings. The average molecular weight is 796 g/mol. The van der Waals surface area contributed by atoms with Gasteiger partial charge in [0.2, 0.25) is 0 Å². The zero-order valence-electron chi connectivity index (χ0n) is 29.4. The summed E-state index contributed by atoms with van der Waals surface area (Å²) in [6.07, 6.45) is -17.2. The number of amides is 1. The maximum Gasteiger partial charge on any atom is 0.313 e. The van der Waals surface area contributed by atoms with Crippen LogP contribution in [0.15, 0.2) is 42.5 Å². The van der Waals surface area contributed by atoms with Crippen molar-refractivity contribution >= 4 is 17.7 Å². The summed E-state index contributed by atoms with van der Waals surface area (Å²) < 4.78 is 34.2. The van der Waals surface area contributed by atoms with Crippen LogP contribution in [-0.2, 0) is 45.2 Å². The summed E-state index contributed by atoms with van der Waals surface area (Å²) in [6, 6.07) is 4.67. The van der Waals surface area contributed by atoms with Crippen molar-refractivity contribution in [1.82, 2.24) is 5.43 Å². The molecular weight excluding hydrogens is 750 g/mol. The Morgan fingerprint density at radius 2 is 1.41 bits per heavy atom. The number of ketones is 1. The number of ether oxygens (including phenoxy) is 6. The first-order chi connectivity index (χ1) is 26.5. The van der Waals surface area contributed by atoms with E-state index in [9.17, 15) is 55.2 Å². The molecule has 3 saturated heterocycles. The van der Waals surface area contributed by atoms with Crippen molar-refractivity contribution in [3.8, 4) is 0 Å². The van der Waals surface area contributed by atoms with Crippen LogP contribution in [0.2, 0.25) is 0 Å². The van der Waals surface area contributed by atoms with Crippen LogP contribution in [0.25, 0.3) is 0 Å². The molecule has 15 atom stereocenters. The first kappa shape index (κ1) is 42.0. The largest absolute Gasteiger partial charge is 0.426 e. The van der Waals surface area contributed by atoms with Crippen molar-refractivity contribution in [3.05, 3.63) is 70.3 Å². The van der Waals surface area contributed by atoms with Crippen LogP contribution in [-0.4, -0.2) is 164 Å². The number of carbonyl (C=O) groups is 3. The summed E-state index contributed by atoms with van der Waals surface area (Å²) in [6.45, 7) is -2.78. The number of hydrazine groups is 1. The van der Waals surface area contributed by atoms with Crippen molar-refractivity contribution in [2.75, 3.05) is 19.8 Å². The van der Waals surface area contributed by atoms with Gasteiger partial charge in [0.25, 0.3) is 11.7 Å². The molecule has 3 fully saturated rings. The summed E-state index contributed by atoms with van der Waals surface area (Å²) in [7, 11) is 0. The fourth-order valence-corrected chi connectivity index (χ4v) is 7.34. The third kappa shape index (κ3) is 7.11. The second-order valence-electron chi connectivity index (χ2n) is 13.9. The van der Waals surface area contributed by atoms with E-state index >= 15 is 0 Å². The first-order valence-corrected chi connectivity index (χ1v) is 17.4. The Labute approximate surface area is 317 Å². The number of esters is 1. The number of hydrogen-bond donors (Lipinski definition) is 13. The molecule has 56 heavy (non-hydrogen) atoms. The predicted molar refractivity (Wildman–Crippen MR) is 182 cm³/mol. The van der Waals surface area contributed by atoms with Crippen LogP contribution < -0.4 is 28.5 Å². The number of aliphatic hydroxyl groups excluding tert-OH is 7. The maximum absolute atomic E-state index is 13.6. The highest BCUT2D eigenvalue weighted by Gasteiger charge is 2.68. The summed E-state index contributed by atoms with van der Waals surface area (Å²) >= 11 is 0. The minimum Gasteiger partial charge on any atom is -0.426 e. The molecule has 4 heterocycles. The van der Waals surface area contributed by atoms with E-state index in [0.717, 1.165) is 0 Å². The number of aliphatic hydroxyl groups is 8. The second kappa shape index (κ2) is 16.3. The monoisotopic (exact) mass is 795 g/mol. The average Bonchev–Trinajstić information content (AvgIpc) is 3.19. The number of hydrogen-bond acceptors (Lipinski definition) is 21. The fourth-order valence-electron chi connectivity index (χ4n) is 7.34. The Hall–Kier alpha value is -3.63. The van der Waals surface area contributed by atoms with Gasteiger partial charge >= 0.3 is 5.97 Å². The SMILES string of the molecule is NNC(=O)c1ccc(C(=O)c2ccc3cc2CC(=O)O[C@@]2(O)[C@H](O)[C@@H](N)[C@@H](OC4[C@@H](CO)O[C@@H](OC5[C@@H](CO)O[C@@H](O)[C@H](N)[C@H]5O)[C@H](N)[C@H]4O)O[C@@]32CO)cc1. The highest BCUT2D eigenvalue weighted by molar-refractivity contribution is 6.10. The molecule has 308 valence electrons. The van der Waals surface area contributed by atoms with E-state index in [0.29, 0.717) is 0 Å². The number of nitrogens with two attached hydrogens (primary N) is 4. The van der Waals surface area contributed by atoms with Crippen LogP contribution in [0, 0.1) is 0 Å². The number of fused-ring (bicyclic) bond motifs is 4. The Balaban J connectivity index is 1.28. The number of nitrogens with one attached hydrogen (secondary N) is 1. The lowest BCUT2D eigenvalue weighted by Crippen LogP contribution is -2.76. The number of nitrogen functional groups attached to an aromatic ring is 1. The third-order valence-electron chi connectivity index (χ3n) is 10.6. The number of carbonyl (C=O) groups excluding carboxylic acids is 3. The molecule has 6 rings (SSSR count). The van der Waals surface area contributed by atoms with E-state index in [1.54, 1.807) is 0 Å². The van der Waals surface area contributed by atoms with E-state index in [1.807, 2.05) is 5.43 Å². The minimum absolute atomic E-state index is 0.0101. The zero-order chi connectivity index (χ0) is 40.9. The van der Waals surface area contributed by atoms with Crippen LogP contribution in [0.3, 0.4) is 0 Å². The molecule has 0 aliphatic carbocycles. The Bertz CT molecular complexity index is 1770. The molecule has 0 aromatic heterocycles. The van der Waals surface area contributed by atoms with Crippen molar-refractivity contribution in [2.24, 2.45) is 23.0 Å². The molecule has 1 amide bonds. The van der Waals surface area contributed by atoms with Crippen molar-refractivity contribution in [3.63, 3.8) is 0 Å². The molecule has 17 N–H and O–H groups in total. The molecule has 2 unspecified atom stereocenters. The van der Waals surface area contributed by atoms with Crippen molar-refractivity contribution in [2.45, 2.75) is 97.5 Å². The minimum atomic E-state index is -3.06. The summed E-state index contributed by atoms with van der Waals surface area (Å²) in [5, 5.41) is 86.2. The van der Waals surface area contributed by atoms with Gasteiger partial charge in [-0.15, -0.1) is 0 Å². The summed E-state index contributed by atoms with van der Waals surface area (Å²) in [5.74, 6) is -0.205.